The Bertz CT molecular complexity index is 856. The van der Waals surface area contributed by atoms with Crippen molar-refractivity contribution < 1.29 is 18.8 Å². The number of benzene rings is 2. The molecule has 2 aromatic carbocycles. The summed E-state index contributed by atoms with van der Waals surface area (Å²) in [6, 6.07) is 16.1. The molecule has 1 aromatic heterocycles. The van der Waals surface area contributed by atoms with Gasteiger partial charge in [0.2, 0.25) is 0 Å². The average molecular weight is 338 g/mol. The van der Waals surface area contributed by atoms with Gasteiger partial charge in [-0.25, -0.2) is 0 Å². The number of hydrogen-bond acceptors (Lipinski definition) is 5. The van der Waals surface area contributed by atoms with Crippen molar-refractivity contribution in [1.29, 1.82) is 0 Å². The second-order valence-electron chi connectivity index (χ2n) is 5.22. The van der Waals surface area contributed by atoms with Gasteiger partial charge in [-0.3, -0.25) is 4.79 Å². The summed E-state index contributed by atoms with van der Waals surface area (Å²) in [5.41, 5.74) is 1.64. The van der Waals surface area contributed by atoms with Gasteiger partial charge in [-0.2, -0.15) is 0 Å². The number of carbonyl (C=O) groups is 1. The molecule has 0 saturated carbocycles. The van der Waals surface area contributed by atoms with Crippen LogP contribution in [0, 0.1) is 0 Å². The minimum Gasteiger partial charge on any atom is -0.497 e. The first-order valence-electron chi connectivity index (χ1n) is 7.85. The lowest BCUT2D eigenvalue weighted by atomic mass is 10.1. The summed E-state index contributed by atoms with van der Waals surface area (Å²) < 4.78 is 15.8. The lowest BCUT2D eigenvalue weighted by Gasteiger charge is -2.04. The first-order chi connectivity index (χ1) is 12.2. The highest BCUT2D eigenvalue weighted by atomic mass is 16.5. The van der Waals surface area contributed by atoms with Crippen LogP contribution in [0.4, 0.5) is 5.69 Å². The predicted octanol–water partition coefficient (Wildman–Crippen LogP) is 4.00. The molecule has 6 nitrogen and oxygen atoms in total. The molecule has 3 rings (SSSR count). The molecule has 6 heteroatoms. The number of carbonyl (C=O) groups excluding carboxylic acids is 1. The Morgan fingerprint density at radius 2 is 1.92 bits per heavy atom. The van der Waals surface area contributed by atoms with Gasteiger partial charge < -0.3 is 19.3 Å². The Hall–Kier alpha value is -3.28. The molecule has 3 aromatic rings. The Kier molecular flexibility index (Phi) is 4.99. The van der Waals surface area contributed by atoms with E-state index in [9.17, 15) is 4.79 Å². The Morgan fingerprint density at radius 1 is 1.12 bits per heavy atom. The van der Waals surface area contributed by atoms with Gasteiger partial charge in [0.05, 0.1) is 13.7 Å². The Morgan fingerprint density at radius 3 is 2.64 bits per heavy atom. The first kappa shape index (κ1) is 16.6. The number of amides is 1. The van der Waals surface area contributed by atoms with Crippen LogP contribution in [0.1, 0.15) is 17.4 Å². The second-order valence-corrected chi connectivity index (χ2v) is 5.22. The van der Waals surface area contributed by atoms with Gasteiger partial charge in [0.15, 0.2) is 11.5 Å². The number of anilines is 1. The molecule has 0 atom stereocenters. The van der Waals surface area contributed by atoms with Crippen molar-refractivity contribution in [2.24, 2.45) is 0 Å². The Balaban J connectivity index is 1.72. The zero-order valence-corrected chi connectivity index (χ0v) is 14.0. The van der Waals surface area contributed by atoms with Gasteiger partial charge in [0, 0.05) is 23.4 Å². The van der Waals surface area contributed by atoms with Crippen LogP contribution in [-0.2, 0) is 0 Å². The third-order valence-corrected chi connectivity index (χ3v) is 3.52. The number of hydrogen-bond donors (Lipinski definition) is 1. The highest BCUT2D eigenvalue weighted by molar-refractivity contribution is 6.03. The molecule has 0 fully saturated rings. The number of ether oxygens (including phenoxy) is 2. The first-order valence-corrected chi connectivity index (χ1v) is 7.85. The van der Waals surface area contributed by atoms with E-state index in [2.05, 4.69) is 10.5 Å². The standard InChI is InChI=1S/C19H18N2O4/c1-3-24-15-9-7-13(8-10-15)18-12-17(21-25-18)19(22)20-14-5-4-6-16(11-14)23-2/h4-12H,3H2,1-2H3,(H,20,22). The van der Waals surface area contributed by atoms with E-state index in [-0.39, 0.29) is 11.6 Å². The molecule has 1 heterocycles. The van der Waals surface area contributed by atoms with Crippen molar-refractivity contribution >= 4 is 11.6 Å². The summed E-state index contributed by atoms with van der Waals surface area (Å²) in [6.45, 7) is 2.54. The highest BCUT2D eigenvalue weighted by Crippen LogP contribution is 2.24. The van der Waals surface area contributed by atoms with E-state index in [1.807, 2.05) is 31.2 Å². The third-order valence-electron chi connectivity index (χ3n) is 3.52. The van der Waals surface area contributed by atoms with Gasteiger partial charge in [-0.15, -0.1) is 0 Å². The van der Waals surface area contributed by atoms with Crippen LogP contribution in [0.25, 0.3) is 11.3 Å². The van der Waals surface area contributed by atoms with Gasteiger partial charge in [-0.1, -0.05) is 11.2 Å². The lowest BCUT2D eigenvalue weighted by molar-refractivity contribution is 0.101. The topological polar surface area (TPSA) is 73.6 Å². The largest absolute Gasteiger partial charge is 0.497 e. The van der Waals surface area contributed by atoms with E-state index in [4.69, 9.17) is 14.0 Å². The fraction of sp³-hybridized carbons (Fsp3) is 0.158. The minimum absolute atomic E-state index is 0.201. The van der Waals surface area contributed by atoms with Crippen molar-refractivity contribution in [2.45, 2.75) is 6.92 Å². The second kappa shape index (κ2) is 7.53. The van der Waals surface area contributed by atoms with Gasteiger partial charge in [0.1, 0.15) is 11.5 Å². The maximum atomic E-state index is 12.3. The summed E-state index contributed by atoms with van der Waals surface area (Å²) in [5.74, 6) is 1.60. The molecule has 128 valence electrons. The van der Waals surface area contributed by atoms with Gasteiger partial charge >= 0.3 is 0 Å². The van der Waals surface area contributed by atoms with E-state index in [1.165, 1.54) is 0 Å². The highest BCUT2D eigenvalue weighted by Gasteiger charge is 2.14. The average Bonchev–Trinajstić information content (AvgIpc) is 3.13. The SMILES string of the molecule is CCOc1ccc(-c2cc(C(=O)Nc3cccc(OC)c3)no2)cc1. The van der Waals surface area contributed by atoms with Crippen molar-refractivity contribution in [3.8, 4) is 22.8 Å². The van der Waals surface area contributed by atoms with E-state index in [0.29, 0.717) is 23.8 Å². The molecule has 0 radical (unpaired) electrons. The molecule has 25 heavy (non-hydrogen) atoms. The molecular formula is C19H18N2O4. The van der Waals surface area contributed by atoms with Crippen molar-refractivity contribution in [2.75, 3.05) is 19.0 Å². The maximum absolute atomic E-state index is 12.3. The third kappa shape index (κ3) is 3.98. The van der Waals surface area contributed by atoms with Crippen LogP contribution >= 0.6 is 0 Å². The minimum atomic E-state index is -0.353. The number of nitrogens with one attached hydrogen (secondary N) is 1. The fourth-order valence-corrected chi connectivity index (χ4v) is 2.30. The lowest BCUT2D eigenvalue weighted by Crippen LogP contribution is -2.12. The van der Waals surface area contributed by atoms with Gasteiger partial charge in [0.25, 0.3) is 5.91 Å². The van der Waals surface area contributed by atoms with Crippen LogP contribution in [0.5, 0.6) is 11.5 Å². The molecule has 0 saturated heterocycles. The van der Waals surface area contributed by atoms with Crippen LogP contribution < -0.4 is 14.8 Å². The Labute approximate surface area is 145 Å². The molecule has 0 aliphatic rings. The summed E-state index contributed by atoms with van der Waals surface area (Å²) in [5, 5.41) is 6.60. The van der Waals surface area contributed by atoms with E-state index >= 15 is 0 Å². The summed E-state index contributed by atoms with van der Waals surface area (Å²) in [6.07, 6.45) is 0. The van der Waals surface area contributed by atoms with Crippen molar-refractivity contribution in [3.05, 3.63) is 60.3 Å². The number of rotatable bonds is 6. The zero-order chi connectivity index (χ0) is 17.6. The monoisotopic (exact) mass is 338 g/mol. The molecule has 0 unspecified atom stereocenters. The smallest absolute Gasteiger partial charge is 0.277 e. The molecule has 0 bridgehead atoms. The normalized spacial score (nSPS) is 10.3. The maximum Gasteiger partial charge on any atom is 0.277 e. The van der Waals surface area contributed by atoms with E-state index < -0.39 is 0 Å². The van der Waals surface area contributed by atoms with Crippen LogP contribution in [0.3, 0.4) is 0 Å². The van der Waals surface area contributed by atoms with Gasteiger partial charge in [-0.05, 0) is 43.3 Å². The van der Waals surface area contributed by atoms with Crippen LogP contribution in [-0.4, -0.2) is 24.8 Å². The predicted molar refractivity (Wildman–Crippen MR) is 94.1 cm³/mol. The quantitative estimate of drug-likeness (QED) is 0.735. The number of methoxy groups -OCH3 is 1. The van der Waals surface area contributed by atoms with Crippen LogP contribution in [0.15, 0.2) is 59.1 Å². The molecule has 1 N–H and O–H groups in total. The van der Waals surface area contributed by atoms with E-state index in [0.717, 1.165) is 11.3 Å². The van der Waals surface area contributed by atoms with Crippen molar-refractivity contribution in [3.63, 3.8) is 0 Å². The summed E-state index contributed by atoms with van der Waals surface area (Å²) in [7, 11) is 1.57. The molecular weight excluding hydrogens is 320 g/mol. The van der Waals surface area contributed by atoms with Crippen LogP contribution in [0.2, 0.25) is 0 Å². The fourth-order valence-electron chi connectivity index (χ4n) is 2.30. The zero-order valence-electron chi connectivity index (χ0n) is 14.0. The summed E-state index contributed by atoms with van der Waals surface area (Å²) in [4.78, 5) is 12.3. The molecule has 0 aliphatic heterocycles. The van der Waals surface area contributed by atoms with E-state index in [1.54, 1.807) is 37.4 Å². The molecule has 1 amide bonds. The molecule has 0 aliphatic carbocycles. The summed E-state index contributed by atoms with van der Waals surface area (Å²) >= 11 is 0. The number of aromatic nitrogens is 1. The molecule has 0 spiro atoms. The number of nitrogens with zero attached hydrogens (tertiary/aromatic N) is 1. The van der Waals surface area contributed by atoms with Crippen molar-refractivity contribution in [1.82, 2.24) is 5.16 Å².